The van der Waals surface area contributed by atoms with Crippen molar-refractivity contribution >= 4 is 17.9 Å². The van der Waals surface area contributed by atoms with E-state index in [0.29, 0.717) is 19.3 Å². The molecule has 0 aliphatic heterocycles. The normalized spacial score (nSPS) is 12.7. The maximum atomic E-state index is 12.8. The first-order chi connectivity index (χ1) is 32.0. The number of hydrogen-bond donors (Lipinski definition) is 0. The molecule has 0 saturated heterocycles. The third kappa shape index (κ3) is 51.4. The number of allylic oxidation sites excluding steroid dienone is 14. The summed E-state index contributed by atoms with van der Waals surface area (Å²) in [6.07, 6.45) is 68.6. The van der Waals surface area contributed by atoms with Gasteiger partial charge in [-0.1, -0.05) is 228 Å². The van der Waals surface area contributed by atoms with Crippen LogP contribution in [0.2, 0.25) is 0 Å². The Kier molecular flexibility index (Phi) is 50.4. The minimum Gasteiger partial charge on any atom is -0.462 e. The second-order valence-corrected chi connectivity index (χ2v) is 17.7. The standard InChI is InChI=1S/C59H100O6/c1-4-7-10-13-16-19-22-25-28-29-32-34-37-40-43-46-49-52-58(61)64-55-56(65-59(62)53-50-47-44-41-38-35-31-27-24-21-18-15-12-9-6-3)54-63-57(60)51-48-45-42-39-36-33-30-26-23-20-17-14-11-8-5-2/h8-9,11-12,17-18,20-21,26-27,30-31,38,41,56H,4-7,10,13-16,19,22-25,28-29,32-37,39-40,42-55H2,1-3H3/b11-8-,12-9-,20-17-,21-18-,30-26-,31-27-,41-38-/t56-/m1/s1. The van der Waals surface area contributed by atoms with Crippen LogP contribution in [0.15, 0.2) is 85.1 Å². The molecule has 0 spiro atoms. The van der Waals surface area contributed by atoms with Gasteiger partial charge in [-0.2, -0.15) is 0 Å². The zero-order valence-electron chi connectivity index (χ0n) is 42.5. The SMILES string of the molecule is CC/C=C\C/C=C\C/C=C\C/C=C\CCCCC(=O)O[C@H](COC(=O)CCCCCCC/C=C\C/C=C\C/C=C\CC)COC(=O)CCCCCCCCCCCCCCCCCCC. The molecule has 372 valence electrons. The van der Waals surface area contributed by atoms with Crippen molar-refractivity contribution in [3.63, 3.8) is 0 Å². The zero-order valence-corrected chi connectivity index (χ0v) is 42.5. The van der Waals surface area contributed by atoms with E-state index >= 15 is 0 Å². The maximum Gasteiger partial charge on any atom is 0.306 e. The Morgan fingerprint density at radius 2 is 0.600 bits per heavy atom. The van der Waals surface area contributed by atoms with Gasteiger partial charge >= 0.3 is 17.9 Å². The van der Waals surface area contributed by atoms with Crippen molar-refractivity contribution in [2.45, 2.75) is 258 Å². The van der Waals surface area contributed by atoms with Gasteiger partial charge < -0.3 is 14.2 Å². The zero-order chi connectivity index (χ0) is 47.2. The molecule has 0 aromatic heterocycles. The summed E-state index contributed by atoms with van der Waals surface area (Å²) in [6, 6.07) is 0. The number of ether oxygens (including phenoxy) is 3. The van der Waals surface area contributed by atoms with Gasteiger partial charge in [-0.15, -0.1) is 0 Å². The molecule has 0 heterocycles. The largest absolute Gasteiger partial charge is 0.462 e. The Balaban J connectivity index is 4.45. The van der Waals surface area contributed by atoms with Crippen LogP contribution in [0.4, 0.5) is 0 Å². The van der Waals surface area contributed by atoms with Gasteiger partial charge in [0, 0.05) is 19.3 Å². The smallest absolute Gasteiger partial charge is 0.306 e. The molecule has 0 fully saturated rings. The summed E-state index contributed by atoms with van der Waals surface area (Å²) in [6.45, 7) is 6.37. The summed E-state index contributed by atoms with van der Waals surface area (Å²) in [4.78, 5) is 38.1. The highest BCUT2D eigenvalue weighted by molar-refractivity contribution is 5.71. The number of unbranched alkanes of at least 4 members (excludes halogenated alkanes) is 23. The number of carbonyl (C=O) groups is 3. The number of carbonyl (C=O) groups excluding carboxylic acids is 3. The molecule has 0 aliphatic rings. The second kappa shape index (κ2) is 53.2. The molecule has 6 nitrogen and oxygen atoms in total. The first-order valence-corrected chi connectivity index (χ1v) is 27.1. The van der Waals surface area contributed by atoms with Gasteiger partial charge in [0.2, 0.25) is 0 Å². The van der Waals surface area contributed by atoms with Crippen LogP contribution in [0, 0.1) is 0 Å². The minimum absolute atomic E-state index is 0.0974. The Morgan fingerprint density at radius 1 is 0.323 bits per heavy atom. The van der Waals surface area contributed by atoms with Crippen LogP contribution in [0.1, 0.15) is 252 Å². The van der Waals surface area contributed by atoms with E-state index in [1.807, 2.05) is 0 Å². The predicted octanol–water partition coefficient (Wildman–Crippen LogP) is 18.0. The van der Waals surface area contributed by atoms with Crippen molar-refractivity contribution in [3.8, 4) is 0 Å². The van der Waals surface area contributed by atoms with Gasteiger partial charge in [0.1, 0.15) is 13.2 Å². The summed E-state index contributed by atoms with van der Waals surface area (Å²) < 4.78 is 16.8. The van der Waals surface area contributed by atoms with Crippen molar-refractivity contribution in [2.24, 2.45) is 0 Å². The summed E-state index contributed by atoms with van der Waals surface area (Å²) in [5, 5.41) is 0. The first kappa shape index (κ1) is 61.6. The van der Waals surface area contributed by atoms with Crippen LogP contribution in [0.5, 0.6) is 0 Å². The average Bonchev–Trinajstić information content (AvgIpc) is 3.30. The molecular weight excluding hydrogens is 805 g/mol. The summed E-state index contributed by atoms with van der Waals surface area (Å²) in [5.41, 5.74) is 0. The molecule has 0 radical (unpaired) electrons. The molecule has 0 bridgehead atoms. The van der Waals surface area contributed by atoms with Crippen molar-refractivity contribution in [2.75, 3.05) is 13.2 Å². The average molecular weight is 905 g/mol. The van der Waals surface area contributed by atoms with Gasteiger partial charge in [-0.3, -0.25) is 14.4 Å². The third-order valence-electron chi connectivity index (χ3n) is 11.4. The lowest BCUT2D eigenvalue weighted by Crippen LogP contribution is -2.30. The van der Waals surface area contributed by atoms with Crippen LogP contribution in [0.25, 0.3) is 0 Å². The highest BCUT2D eigenvalue weighted by Crippen LogP contribution is 2.15. The quantitative estimate of drug-likeness (QED) is 0.0262. The lowest BCUT2D eigenvalue weighted by molar-refractivity contribution is -0.167. The third-order valence-corrected chi connectivity index (χ3v) is 11.4. The van der Waals surface area contributed by atoms with E-state index in [4.69, 9.17) is 14.2 Å². The molecule has 0 N–H and O–H groups in total. The molecule has 0 rings (SSSR count). The Morgan fingerprint density at radius 3 is 0.969 bits per heavy atom. The van der Waals surface area contributed by atoms with Gasteiger partial charge in [0.25, 0.3) is 0 Å². The van der Waals surface area contributed by atoms with Gasteiger partial charge in [-0.05, 0) is 89.9 Å². The molecule has 0 amide bonds. The van der Waals surface area contributed by atoms with E-state index in [2.05, 4.69) is 106 Å². The first-order valence-electron chi connectivity index (χ1n) is 27.1. The Labute approximate surface area is 401 Å². The fourth-order valence-corrected chi connectivity index (χ4v) is 7.39. The fourth-order valence-electron chi connectivity index (χ4n) is 7.39. The molecule has 6 heteroatoms. The number of esters is 3. The van der Waals surface area contributed by atoms with Crippen molar-refractivity contribution in [1.82, 2.24) is 0 Å². The molecule has 0 saturated carbocycles. The maximum absolute atomic E-state index is 12.8. The fraction of sp³-hybridized carbons (Fsp3) is 0.712. The van der Waals surface area contributed by atoms with Crippen LogP contribution in [0.3, 0.4) is 0 Å². The van der Waals surface area contributed by atoms with Gasteiger partial charge in [0.15, 0.2) is 6.10 Å². The molecule has 1 atom stereocenters. The summed E-state index contributed by atoms with van der Waals surface area (Å²) in [7, 11) is 0. The topological polar surface area (TPSA) is 78.9 Å². The van der Waals surface area contributed by atoms with Crippen LogP contribution in [-0.4, -0.2) is 37.2 Å². The van der Waals surface area contributed by atoms with Crippen LogP contribution >= 0.6 is 0 Å². The number of rotatable bonds is 48. The highest BCUT2D eigenvalue weighted by Gasteiger charge is 2.19. The van der Waals surface area contributed by atoms with E-state index in [9.17, 15) is 14.4 Å². The predicted molar refractivity (Wildman–Crippen MR) is 279 cm³/mol. The van der Waals surface area contributed by atoms with Gasteiger partial charge in [-0.25, -0.2) is 0 Å². The monoisotopic (exact) mass is 905 g/mol. The molecule has 0 aromatic rings. The van der Waals surface area contributed by atoms with E-state index < -0.39 is 6.10 Å². The Hall–Kier alpha value is -3.41. The molecule has 0 unspecified atom stereocenters. The minimum atomic E-state index is -0.804. The second-order valence-electron chi connectivity index (χ2n) is 17.7. The van der Waals surface area contributed by atoms with E-state index in [1.165, 1.54) is 89.9 Å². The van der Waals surface area contributed by atoms with Crippen molar-refractivity contribution in [3.05, 3.63) is 85.1 Å². The van der Waals surface area contributed by atoms with Gasteiger partial charge in [0.05, 0.1) is 0 Å². The number of hydrogen-bond acceptors (Lipinski definition) is 6. The molecule has 65 heavy (non-hydrogen) atoms. The Bertz CT molecular complexity index is 1270. The summed E-state index contributed by atoms with van der Waals surface area (Å²) >= 11 is 0. The molecular formula is C59H100O6. The lowest BCUT2D eigenvalue weighted by atomic mass is 10.0. The highest BCUT2D eigenvalue weighted by atomic mass is 16.6. The van der Waals surface area contributed by atoms with E-state index in [-0.39, 0.29) is 37.5 Å². The van der Waals surface area contributed by atoms with Crippen LogP contribution in [-0.2, 0) is 28.6 Å². The lowest BCUT2D eigenvalue weighted by Gasteiger charge is -2.18. The molecule has 0 aromatic carbocycles. The molecule has 0 aliphatic carbocycles. The van der Waals surface area contributed by atoms with E-state index in [0.717, 1.165) is 116 Å². The van der Waals surface area contributed by atoms with E-state index in [1.54, 1.807) is 0 Å². The van der Waals surface area contributed by atoms with Crippen molar-refractivity contribution < 1.29 is 28.6 Å². The van der Waals surface area contributed by atoms with Crippen LogP contribution < -0.4 is 0 Å². The van der Waals surface area contributed by atoms with Crippen molar-refractivity contribution in [1.29, 1.82) is 0 Å². The summed E-state index contributed by atoms with van der Waals surface area (Å²) in [5.74, 6) is -0.953.